The number of rotatable bonds is 3. The number of fused-ring (bicyclic) bond motifs is 1. The summed E-state index contributed by atoms with van der Waals surface area (Å²) in [5, 5.41) is 16.2. The molecule has 0 atom stereocenters. The predicted molar refractivity (Wildman–Crippen MR) is 89.3 cm³/mol. The van der Waals surface area contributed by atoms with Crippen molar-refractivity contribution in [1.29, 1.82) is 0 Å². The van der Waals surface area contributed by atoms with Gasteiger partial charge in [-0.3, -0.25) is 10.3 Å². The van der Waals surface area contributed by atoms with Crippen molar-refractivity contribution in [3.63, 3.8) is 0 Å². The average Bonchev–Trinajstić information content (AvgIpc) is 3.27. The number of H-pyrrole nitrogens is 1. The zero-order chi connectivity index (χ0) is 16.4. The Labute approximate surface area is 138 Å². The lowest BCUT2D eigenvalue weighted by atomic mass is 10.2. The molecule has 0 unspecified atom stereocenters. The maximum Gasteiger partial charge on any atom is 0.320 e. The second-order valence-corrected chi connectivity index (χ2v) is 5.89. The fourth-order valence-corrected chi connectivity index (χ4v) is 2.96. The Balaban J connectivity index is 1.54. The van der Waals surface area contributed by atoms with Gasteiger partial charge in [-0.05, 0) is 31.0 Å². The maximum absolute atomic E-state index is 12.1. The number of hydrogen-bond acceptors (Lipinski definition) is 5. The first-order valence-corrected chi connectivity index (χ1v) is 7.98. The van der Waals surface area contributed by atoms with Gasteiger partial charge in [-0.25, -0.2) is 9.78 Å². The van der Waals surface area contributed by atoms with E-state index in [0.29, 0.717) is 17.0 Å². The van der Waals surface area contributed by atoms with Crippen molar-refractivity contribution in [3.8, 4) is 11.3 Å². The van der Waals surface area contributed by atoms with Crippen LogP contribution in [-0.4, -0.2) is 37.5 Å². The van der Waals surface area contributed by atoms with Gasteiger partial charge in [0.2, 0.25) is 0 Å². The van der Waals surface area contributed by atoms with E-state index in [2.05, 4.69) is 36.0 Å². The highest BCUT2D eigenvalue weighted by Gasteiger charge is 2.17. The van der Waals surface area contributed by atoms with Gasteiger partial charge < -0.3 is 5.32 Å². The first-order valence-electron chi connectivity index (χ1n) is 7.98. The summed E-state index contributed by atoms with van der Waals surface area (Å²) >= 11 is 0. The van der Waals surface area contributed by atoms with E-state index in [-0.39, 0.29) is 12.1 Å². The van der Waals surface area contributed by atoms with Crippen molar-refractivity contribution < 1.29 is 4.79 Å². The van der Waals surface area contributed by atoms with Crippen LogP contribution < -0.4 is 10.6 Å². The average molecular weight is 323 g/mol. The molecule has 0 spiro atoms. The highest BCUT2D eigenvalue weighted by Crippen LogP contribution is 2.21. The SMILES string of the molecule is O=C(Nc1ccc2ncc(-c3cn[nH]n3)cc2n1)NC1CCCC1. The molecule has 0 saturated heterocycles. The number of nitrogens with one attached hydrogen (secondary N) is 3. The summed E-state index contributed by atoms with van der Waals surface area (Å²) in [5.74, 6) is 0.497. The number of pyridine rings is 2. The van der Waals surface area contributed by atoms with E-state index < -0.39 is 0 Å². The number of carbonyl (C=O) groups is 1. The van der Waals surface area contributed by atoms with E-state index in [1.165, 1.54) is 12.8 Å². The molecule has 3 heterocycles. The molecule has 1 aliphatic carbocycles. The Morgan fingerprint density at radius 2 is 2.04 bits per heavy atom. The third-order valence-electron chi connectivity index (χ3n) is 4.18. The van der Waals surface area contributed by atoms with Crippen molar-refractivity contribution in [3.05, 3.63) is 30.6 Å². The lowest BCUT2D eigenvalue weighted by Crippen LogP contribution is -2.36. The molecule has 1 aliphatic rings. The molecule has 0 aliphatic heterocycles. The molecule has 0 aromatic carbocycles. The van der Waals surface area contributed by atoms with Crippen molar-refractivity contribution in [2.75, 3.05) is 5.32 Å². The molecule has 0 bridgehead atoms. The summed E-state index contributed by atoms with van der Waals surface area (Å²) in [7, 11) is 0. The molecule has 3 N–H and O–H groups in total. The summed E-state index contributed by atoms with van der Waals surface area (Å²) < 4.78 is 0. The van der Waals surface area contributed by atoms with E-state index in [1.807, 2.05) is 12.1 Å². The first-order chi connectivity index (χ1) is 11.8. The summed E-state index contributed by atoms with van der Waals surface area (Å²) in [6, 6.07) is 5.51. The lowest BCUT2D eigenvalue weighted by Gasteiger charge is -2.12. The van der Waals surface area contributed by atoms with Crippen LogP contribution in [0.3, 0.4) is 0 Å². The third-order valence-corrected chi connectivity index (χ3v) is 4.18. The molecule has 8 heteroatoms. The van der Waals surface area contributed by atoms with Gasteiger partial charge in [0.15, 0.2) is 0 Å². The summed E-state index contributed by atoms with van der Waals surface area (Å²) in [5.41, 5.74) is 2.96. The molecule has 8 nitrogen and oxygen atoms in total. The summed E-state index contributed by atoms with van der Waals surface area (Å²) in [6.07, 6.45) is 7.79. The number of aromatic amines is 1. The predicted octanol–water partition coefficient (Wildman–Crippen LogP) is 2.48. The minimum atomic E-state index is -0.214. The molecule has 0 radical (unpaired) electrons. The van der Waals surface area contributed by atoms with Gasteiger partial charge in [0.1, 0.15) is 11.5 Å². The third kappa shape index (κ3) is 3.03. The molecule has 24 heavy (non-hydrogen) atoms. The fourth-order valence-electron chi connectivity index (χ4n) is 2.96. The molecular formula is C16H17N7O. The first kappa shape index (κ1) is 14.6. The molecular weight excluding hydrogens is 306 g/mol. The van der Waals surface area contributed by atoms with Gasteiger partial charge in [-0.1, -0.05) is 12.8 Å². The standard InChI is InChI=1S/C16H17N7O/c24-16(19-11-3-1-2-4-11)21-15-6-5-12-13(20-15)7-10(8-17-12)14-9-18-23-22-14/h5-9,11H,1-4H2,(H,18,22,23)(H2,19,20,21,24). The maximum atomic E-state index is 12.1. The zero-order valence-corrected chi connectivity index (χ0v) is 13.0. The Morgan fingerprint density at radius 3 is 2.83 bits per heavy atom. The molecule has 3 aromatic rings. The van der Waals surface area contributed by atoms with Gasteiger partial charge in [-0.15, -0.1) is 0 Å². The quantitative estimate of drug-likeness (QED) is 0.686. The normalized spacial score (nSPS) is 14.8. The van der Waals surface area contributed by atoms with Gasteiger partial charge in [0.05, 0.1) is 17.2 Å². The Bertz CT molecular complexity index is 856. The second-order valence-electron chi connectivity index (χ2n) is 5.89. The van der Waals surface area contributed by atoms with Crippen molar-refractivity contribution in [1.82, 2.24) is 30.7 Å². The van der Waals surface area contributed by atoms with Crippen LogP contribution >= 0.6 is 0 Å². The van der Waals surface area contributed by atoms with Crippen molar-refractivity contribution in [2.24, 2.45) is 0 Å². The molecule has 3 aromatic heterocycles. The lowest BCUT2D eigenvalue weighted by molar-refractivity contribution is 0.248. The van der Waals surface area contributed by atoms with Crippen LogP contribution in [0.15, 0.2) is 30.6 Å². The van der Waals surface area contributed by atoms with Gasteiger partial charge >= 0.3 is 6.03 Å². The number of amides is 2. The number of anilines is 1. The Kier molecular flexibility index (Phi) is 3.78. The molecule has 4 rings (SSSR count). The molecule has 2 amide bonds. The van der Waals surface area contributed by atoms with Crippen LogP contribution in [0.4, 0.5) is 10.6 Å². The topological polar surface area (TPSA) is 108 Å². The molecule has 122 valence electrons. The highest BCUT2D eigenvalue weighted by atomic mass is 16.2. The monoisotopic (exact) mass is 323 g/mol. The van der Waals surface area contributed by atoms with Crippen LogP contribution in [0.5, 0.6) is 0 Å². The number of hydrogen-bond donors (Lipinski definition) is 3. The van der Waals surface area contributed by atoms with Gasteiger partial charge in [-0.2, -0.15) is 15.4 Å². The largest absolute Gasteiger partial charge is 0.335 e. The zero-order valence-electron chi connectivity index (χ0n) is 13.0. The van der Waals surface area contributed by atoms with E-state index in [9.17, 15) is 4.79 Å². The van der Waals surface area contributed by atoms with Crippen LogP contribution in [0.2, 0.25) is 0 Å². The summed E-state index contributed by atoms with van der Waals surface area (Å²) in [4.78, 5) is 20.9. The number of carbonyl (C=O) groups excluding carboxylic acids is 1. The van der Waals surface area contributed by atoms with E-state index in [0.717, 1.165) is 23.9 Å². The summed E-state index contributed by atoms with van der Waals surface area (Å²) in [6.45, 7) is 0. The van der Waals surface area contributed by atoms with Gasteiger partial charge in [0, 0.05) is 17.8 Å². The minimum Gasteiger partial charge on any atom is -0.335 e. The number of nitrogens with zero attached hydrogens (tertiary/aromatic N) is 4. The van der Waals surface area contributed by atoms with E-state index in [4.69, 9.17) is 0 Å². The number of urea groups is 1. The fraction of sp³-hybridized carbons (Fsp3) is 0.312. The van der Waals surface area contributed by atoms with E-state index >= 15 is 0 Å². The Hall–Kier alpha value is -3.03. The highest BCUT2D eigenvalue weighted by molar-refractivity contribution is 5.90. The van der Waals surface area contributed by atoms with Crippen LogP contribution in [0.25, 0.3) is 22.3 Å². The second kappa shape index (κ2) is 6.23. The Morgan fingerprint density at radius 1 is 1.17 bits per heavy atom. The van der Waals surface area contributed by atoms with Crippen molar-refractivity contribution in [2.45, 2.75) is 31.7 Å². The molecule has 1 saturated carbocycles. The van der Waals surface area contributed by atoms with Crippen LogP contribution in [-0.2, 0) is 0 Å². The minimum absolute atomic E-state index is 0.214. The van der Waals surface area contributed by atoms with Crippen molar-refractivity contribution >= 4 is 22.9 Å². The smallest absolute Gasteiger partial charge is 0.320 e. The van der Waals surface area contributed by atoms with Crippen LogP contribution in [0.1, 0.15) is 25.7 Å². The van der Waals surface area contributed by atoms with E-state index in [1.54, 1.807) is 18.5 Å². The van der Waals surface area contributed by atoms with Crippen LogP contribution in [0, 0.1) is 0 Å². The molecule has 1 fully saturated rings. The van der Waals surface area contributed by atoms with Gasteiger partial charge in [0.25, 0.3) is 0 Å². The number of aromatic nitrogens is 5.